The first-order chi connectivity index (χ1) is 14.1. The Balaban J connectivity index is 0.00000450. The molecular weight excluding hydrogens is 495 g/mol. The van der Waals surface area contributed by atoms with Crippen LogP contribution in [0.15, 0.2) is 47.5 Å². The van der Waals surface area contributed by atoms with E-state index >= 15 is 0 Å². The molecule has 2 rings (SSSR count). The molecule has 0 unspecified atom stereocenters. The molecule has 0 aliphatic rings. The van der Waals surface area contributed by atoms with Gasteiger partial charge in [-0.25, -0.2) is 0 Å². The second kappa shape index (κ2) is 13.7. The van der Waals surface area contributed by atoms with Gasteiger partial charge >= 0.3 is 0 Å². The number of anilines is 1. The van der Waals surface area contributed by atoms with Gasteiger partial charge in [-0.2, -0.15) is 0 Å². The Hall–Kier alpha value is -2.49. The highest BCUT2D eigenvalue weighted by Crippen LogP contribution is 2.30. The number of aryl methyl sites for hydroxylation is 1. The van der Waals surface area contributed by atoms with Gasteiger partial charge in [-0.05, 0) is 45.0 Å². The van der Waals surface area contributed by atoms with Gasteiger partial charge in [0.2, 0.25) is 0 Å². The normalized spacial score (nSPS) is 10.6. The Labute approximate surface area is 195 Å². The van der Waals surface area contributed by atoms with Gasteiger partial charge in [-0.3, -0.25) is 9.79 Å². The molecule has 0 bridgehead atoms. The van der Waals surface area contributed by atoms with E-state index in [1.165, 1.54) is 0 Å². The molecule has 0 aromatic heterocycles. The molecule has 7 nitrogen and oxygen atoms in total. The number of ether oxygens (including phenoxy) is 2. The van der Waals surface area contributed by atoms with Crippen LogP contribution in [0.3, 0.4) is 0 Å². The first-order valence-corrected chi connectivity index (χ1v) is 9.78. The maximum Gasteiger partial charge on any atom is 0.251 e. The van der Waals surface area contributed by atoms with Crippen molar-refractivity contribution in [1.29, 1.82) is 0 Å². The van der Waals surface area contributed by atoms with E-state index in [4.69, 9.17) is 9.47 Å². The fourth-order valence-electron chi connectivity index (χ4n) is 2.69. The highest BCUT2D eigenvalue weighted by atomic mass is 127. The molecule has 0 spiro atoms. The van der Waals surface area contributed by atoms with Crippen LogP contribution >= 0.6 is 24.0 Å². The molecule has 30 heavy (non-hydrogen) atoms. The monoisotopic (exact) mass is 526 g/mol. The van der Waals surface area contributed by atoms with Gasteiger partial charge in [-0.1, -0.05) is 17.7 Å². The van der Waals surface area contributed by atoms with Crippen LogP contribution in [0.4, 0.5) is 5.69 Å². The largest absolute Gasteiger partial charge is 0.493 e. The van der Waals surface area contributed by atoms with Crippen LogP contribution < -0.4 is 25.4 Å². The van der Waals surface area contributed by atoms with Gasteiger partial charge in [0.25, 0.3) is 5.91 Å². The molecule has 0 fully saturated rings. The standard InChI is InChI=1S/C22H30N4O3.HI/c1-5-23-22(26-18-10-11-19(28-4)20(15-18)29-6-2)25-13-12-24-21(27)17-9-7-8-16(3)14-17;/h7-11,14-15H,5-6,12-13H2,1-4H3,(H,24,27)(H2,23,25,26);1H. The Morgan fingerprint density at radius 2 is 1.87 bits per heavy atom. The minimum atomic E-state index is -0.0987. The summed E-state index contributed by atoms with van der Waals surface area (Å²) in [4.78, 5) is 16.7. The third-order valence-electron chi connectivity index (χ3n) is 4.02. The number of hydrogen-bond acceptors (Lipinski definition) is 4. The zero-order valence-electron chi connectivity index (χ0n) is 18.0. The van der Waals surface area contributed by atoms with Crippen molar-refractivity contribution in [3.63, 3.8) is 0 Å². The number of carbonyl (C=O) groups excluding carboxylic acids is 1. The summed E-state index contributed by atoms with van der Waals surface area (Å²) in [7, 11) is 1.61. The fourth-order valence-corrected chi connectivity index (χ4v) is 2.69. The van der Waals surface area contributed by atoms with E-state index in [0.29, 0.717) is 42.7 Å². The number of carbonyl (C=O) groups is 1. The number of aliphatic imine (C=N–C) groups is 1. The van der Waals surface area contributed by atoms with Gasteiger partial charge in [0, 0.05) is 30.4 Å². The number of methoxy groups -OCH3 is 1. The summed E-state index contributed by atoms with van der Waals surface area (Å²) in [5.74, 6) is 1.88. The summed E-state index contributed by atoms with van der Waals surface area (Å²) in [6.45, 7) is 8.04. The van der Waals surface area contributed by atoms with E-state index in [1.54, 1.807) is 13.2 Å². The van der Waals surface area contributed by atoms with Crippen LogP contribution in [0.25, 0.3) is 0 Å². The quantitative estimate of drug-likeness (QED) is 0.200. The minimum Gasteiger partial charge on any atom is -0.493 e. The van der Waals surface area contributed by atoms with Gasteiger partial charge < -0.3 is 25.4 Å². The molecule has 2 aromatic rings. The van der Waals surface area contributed by atoms with Crippen molar-refractivity contribution in [2.24, 2.45) is 4.99 Å². The molecule has 2 aromatic carbocycles. The SMILES string of the molecule is CCNC(=NCCNC(=O)c1cccc(C)c1)Nc1ccc(OC)c(OCC)c1.I. The third kappa shape index (κ3) is 8.10. The topological polar surface area (TPSA) is 84.0 Å². The molecule has 0 saturated heterocycles. The number of halogens is 1. The Kier molecular flexibility index (Phi) is 11.7. The number of rotatable bonds is 9. The lowest BCUT2D eigenvalue weighted by Gasteiger charge is -2.14. The second-order valence-corrected chi connectivity index (χ2v) is 6.31. The average Bonchev–Trinajstić information content (AvgIpc) is 2.71. The van der Waals surface area contributed by atoms with Crippen molar-refractivity contribution in [3.05, 3.63) is 53.6 Å². The van der Waals surface area contributed by atoms with Gasteiger partial charge in [0.05, 0.1) is 20.3 Å². The molecule has 0 saturated carbocycles. The second-order valence-electron chi connectivity index (χ2n) is 6.31. The van der Waals surface area contributed by atoms with Gasteiger partial charge in [-0.15, -0.1) is 24.0 Å². The molecule has 0 atom stereocenters. The summed E-state index contributed by atoms with van der Waals surface area (Å²) in [5, 5.41) is 9.33. The molecule has 0 heterocycles. The first-order valence-electron chi connectivity index (χ1n) is 9.78. The Morgan fingerprint density at radius 1 is 1.07 bits per heavy atom. The first kappa shape index (κ1) is 25.5. The third-order valence-corrected chi connectivity index (χ3v) is 4.02. The van der Waals surface area contributed by atoms with Crippen LogP contribution in [0.2, 0.25) is 0 Å². The van der Waals surface area contributed by atoms with Crippen molar-refractivity contribution in [1.82, 2.24) is 10.6 Å². The fraction of sp³-hybridized carbons (Fsp3) is 0.364. The van der Waals surface area contributed by atoms with Crippen molar-refractivity contribution in [3.8, 4) is 11.5 Å². The molecule has 8 heteroatoms. The lowest BCUT2D eigenvalue weighted by molar-refractivity contribution is 0.0954. The van der Waals surface area contributed by atoms with E-state index in [2.05, 4.69) is 20.9 Å². The lowest BCUT2D eigenvalue weighted by atomic mass is 10.1. The molecular formula is C22H31IN4O3. The molecule has 164 valence electrons. The van der Waals surface area contributed by atoms with Crippen molar-refractivity contribution >= 4 is 41.5 Å². The van der Waals surface area contributed by atoms with Gasteiger partial charge in [0.15, 0.2) is 17.5 Å². The Morgan fingerprint density at radius 3 is 2.53 bits per heavy atom. The van der Waals surface area contributed by atoms with Crippen LogP contribution in [0.5, 0.6) is 11.5 Å². The van der Waals surface area contributed by atoms with E-state index < -0.39 is 0 Å². The number of nitrogens with one attached hydrogen (secondary N) is 3. The smallest absolute Gasteiger partial charge is 0.251 e. The maximum absolute atomic E-state index is 12.2. The number of hydrogen-bond donors (Lipinski definition) is 3. The molecule has 0 aliphatic carbocycles. The average molecular weight is 526 g/mol. The van der Waals surface area contributed by atoms with Crippen LogP contribution in [0.1, 0.15) is 29.8 Å². The Bertz CT molecular complexity index is 843. The van der Waals surface area contributed by atoms with Crippen LogP contribution in [0, 0.1) is 6.92 Å². The summed E-state index contributed by atoms with van der Waals surface area (Å²) in [5.41, 5.74) is 2.54. The molecule has 1 amide bonds. The molecule has 3 N–H and O–H groups in total. The van der Waals surface area contributed by atoms with Crippen molar-refractivity contribution in [2.75, 3.05) is 38.7 Å². The summed E-state index contributed by atoms with van der Waals surface area (Å²) in [6.07, 6.45) is 0. The predicted molar refractivity (Wildman–Crippen MR) is 133 cm³/mol. The molecule has 0 radical (unpaired) electrons. The molecule has 0 aliphatic heterocycles. The van der Waals surface area contributed by atoms with Crippen molar-refractivity contribution < 1.29 is 14.3 Å². The van der Waals surface area contributed by atoms with Crippen LogP contribution in [-0.4, -0.2) is 45.2 Å². The highest BCUT2D eigenvalue weighted by molar-refractivity contribution is 14.0. The number of guanidine groups is 1. The lowest BCUT2D eigenvalue weighted by Crippen LogP contribution is -2.32. The zero-order valence-corrected chi connectivity index (χ0v) is 20.3. The predicted octanol–water partition coefficient (Wildman–Crippen LogP) is 3.83. The van der Waals surface area contributed by atoms with Crippen LogP contribution in [-0.2, 0) is 0 Å². The van der Waals surface area contributed by atoms with E-state index in [-0.39, 0.29) is 29.9 Å². The van der Waals surface area contributed by atoms with Gasteiger partial charge in [0.1, 0.15) is 0 Å². The zero-order chi connectivity index (χ0) is 21.1. The summed E-state index contributed by atoms with van der Waals surface area (Å²) < 4.78 is 10.9. The summed E-state index contributed by atoms with van der Waals surface area (Å²) >= 11 is 0. The minimum absolute atomic E-state index is 0. The van der Waals surface area contributed by atoms with E-state index in [9.17, 15) is 4.79 Å². The van der Waals surface area contributed by atoms with E-state index in [1.807, 2.05) is 57.2 Å². The summed E-state index contributed by atoms with van der Waals surface area (Å²) in [6, 6.07) is 13.1. The van der Waals surface area contributed by atoms with E-state index in [0.717, 1.165) is 17.8 Å². The highest BCUT2D eigenvalue weighted by Gasteiger charge is 2.07. The number of nitrogens with zero attached hydrogens (tertiary/aromatic N) is 1. The number of amides is 1. The van der Waals surface area contributed by atoms with Crippen molar-refractivity contribution in [2.45, 2.75) is 20.8 Å². The maximum atomic E-state index is 12.2. The number of benzene rings is 2.